The molecule has 0 saturated carbocycles. The van der Waals surface area contributed by atoms with Crippen molar-refractivity contribution >= 4 is 23.2 Å². The number of carbonyl (C=O) groups excluding carboxylic acids is 2. The zero-order chi connectivity index (χ0) is 12.4. The molecule has 1 aromatic carbocycles. The van der Waals surface area contributed by atoms with Crippen molar-refractivity contribution in [1.82, 2.24) is 0 Å². The van der Waals surface area contributed by atoms with Crippen LogP contribution in [0.2, 0.25) is 0 Å². The number of anilines is 2. The molecule has 1 aliphatic rings. The third kappa shape index (κ3) is 2.08. The van der Waals surface area contributed by atoms with Gasteiger partial charge in [0.2, 0.25) is 5.91 Å². The van der Waals surface area contributed by atoms with Gasteiger partial charge in [-0.1, -0.05) is 13.0 Å². The minimum atomic E-state index is -0.100. The van der Waals surface area contributed by atoms with Crippen LogP contribution in [0.5, 0.6) is 5.75 Å². The fourth-order valence-corrected chi connectivity index (χ4v) is 1.64. The van der Waals surface area contributed by atoms with Gasteiger partial charge in [-0.2, -0.15) is 0 Å². The van der Waals surface area contributed by atoms with Gasteiger partial charge in [0.15, 0.2) is 12.4 Å². The van der Waals surface area contributed by atoms with Crippen LogP contribution in [0.3, 0.4) is 0 Å². The van der Waals surface area contributed by atoms with Crippen LogP contribution >= 0.6 is 0 Å². The van der Waals surface area contributed by atoms with Crippen LogP contribution in [0.1, 0.15) is 13.3 Å². The maximum absolute atomic E-state index is 11.5. The summed E-state index contributed by atoms with van der Waals surface area (Å²) in [4.78, 5) is 24.4. The molecule has 17 heavy (non-hydrogen) atoms. The highest BCUT2D eigenvalue weighted by molar-refractivity contribution is 6.01. The Morgan fingerprint density at radius 1 is 1.53 bits per heavy atom. The molecule has 1 N–H and O–H groups in total. The number of nitrogens with one attached hydrogen (secondary N) is 1. The summed E-state index contributed by atoms with van der Waals surface area (Å²) >= 11 is 0. The van der Waals surface area contributed by atoms with Crippen molar-refractivity contribution in [1.29, 1.82) is 0 Å². The van der Waals surface area contributed by atoms with Crippen molar-refractivity contribution < 1.29 is 14.3 Å². The van der Waals surface area contributed by atoms with E-state index in [0.29, 0.717) is 23.5 Å². The molecular formula is C12H14N2O3. The number of hydrogen-bond donors (Lipinski definition) is 1. The van der Waals surface area contributed by atoms with Gasteiger partial charge in [-0.25, -0.2) is 0 Å². The second-order valence-electron chi connectivity index (χ2n) is 3.80. The Kier molecular flexibility index (Phi) is 2.99. The second kappa shape index (κ2) is 4.45. The van der Waals surface area contributed by atoms with Crippen LogP contribution in [-0.2, 0) is 9.59 Å². The van der Waals surface area contributed by atoms with Gasteiger partial charge in [-0.05, 0) is 12.1 Å². The van der Waals surface area contributed by atoms with E-state index in [0.717, 1.165) is 0 Å². The van der Waals surface area contributed by atoms with E-state index < -0.39 is 0 Å². The van der Waals surface area contributed by atoms with Gasteiger partial charge in [0.1, 0.15) is 0 Å². The van der Waals surface area contributed by atoms with Crippen molar-refractivity contribution in [3.8, 4) is 5.75 Å². The molecule has 0 fully saturated rings. The lowest BCUT2D eigenvalue weighted by atomic mass is 10.2. The Balaban J connectivity index is 2.37. The Hall–Kier alpha value is -2.04. The predicted octanol–water partition coefficient (Wildman–Crippen LogP) is 1.39. The van der Waals surface area contributed by atoms with Gasteiger partial charge in [0.25, 0.3) is 5.91 Å². The summed E-state index contributed by atoms with van der Waals surface area (Å²) in [5.41, 5.74) is 1.28. The fraction of sp³-hybridized carbons (Fsp3) is 0.333. The van der Waals surface area contributed by atoms with Crippen LogP contribution in [0.4, 0.5) is 11.4 Å². The molecule has 2 rings (SSSR count). The van der Waals surface area contributed by atoms with Crippen molar-refractivity contribution in [2.45, 2.75) is 13.3 Å². The standard InChI is InChI=1S/C12H14N2O3/c1-3-10(15)13-8-5-4-6-9-12(8)17-7-11(16)14(9)2/h4-6H,3,7H2,1-2H3,(H,13,15). The molecule has 1 aromatic rings. The summed E-state index contributed by atoms with van der Waals surface area (Å²) in [6.07, 6.45) is 0.401. The number of likely N-dealkylation sites (N-methyl/N-ethyl adjacent to an activating group) is 1. The van der Waals surface area contributed by atoms with E-state index in [1.54, 1.807) is 32.2 Å². The molecule has 90 valence electrons. The zero-order valence-electron chi connectivity index (χ0n) is 9.82. The van der Waals surface area contributed by atoms with Crippen molar-refractivity contribution in [3.05, 3.63) is 18.2 Å². The van der Waals surface area contributed by atoms with Crippen LogP contribution < -0.4 is 15.0 Å². The van der Waals surface area contributed by atoms with Crippen LogP contribution in [-0.4, -0.2) is 25.5 Å². The molecule has 0 aliphatic carbocycles. The van der Waals surface area contributed by atoms with E-state index in [4.69, 9.17) is 4.74 Å². The number of benzene rings is 1. The number of hydrogen-bond acceptors (Lipinski definition) is 3. The molecule has 0 atom stereocenters. The summed E-state index contributed by atoms with van der Waals surface area (Å²) < 4.78 is 5.38. The highest BCUT2D eigenvalue weighted by Gasteiger charge is 2.24. The third-order valence-corrected chi connectivity index (χ3v) is 2.66. The van der Waals surface area contributed by atoms with E-state index in [1.165, 1.54) is 4.90 Å². The third-order valence-electron chi connectivity index (χ3n) is 2.66. The monoisotopic (exact) mass is 234 g/mol. The zero-order valence-corrected chi connectivity index (χ0v) is 9.82. The molecule has 0 unspecified atom stereocenters. The molecule has 5 nitrogen and oxygen atoms in total. The normalized spacial score (nSPS) is 14.0. The van der Waals surface area contributed by atoms with Gasteiger partial charge in [0.05, 0.1) is 11.4 Å². The van der Waals surface area contributed by atoms with E-state index >= 15 is 0 Å². The van der Waals surface area contributed by atoms with E-state index in [2.05, 4.69) is 5.32 Å². The number of ether oxygens (including phenoxy) is 1. The molecule has 1 aliphatic heterocycles. The van der Waals surface area contributed by atoms with Gasteiger partial charge < -0.3 is 15.0 Å². The number of para-hydroxylation sites is 1. The van der Waals surface area contributed by atoms with E-state index in [-0.39, 0.29) is 18.4 Å². The van der Waals surface area contributed by atoms with Crippen LogP contribution in [0.15, 0.2) is 18.2 Å². The van der Waals surface area contributed by atoms with Crippen molar-refractivity contribution in [2.75, 3.05) is 23.9 Å². The smallest absolute Gasteiger partial charge is 0.264 e. The largest absolute Gasteiger partial charge is 0.479 e. The Morgan fingerprint density at radius 3 is 3.00 bits per heavy atom. The van der Waals surface area contributed by atoms with E-state index in [1.807, 2.05) is 0 Å². The molecule has 5 heteroatoms. The minimum Gasteiger partial charge on any atom is -0.479 e. The average Bonchev–Trinajstić information content (AvgIpc) is 2.34. The van der Waals surface area contributed by atoms with Gasteiger partial charge in [0, 0.05) is 13.5 Å². The highest BCUT2D eigenvalue weighted by Crippen LogP contribution is 2.37. The van der Waals surface area contributed by atoms with Gasteiger partial charge in [-0.3, -0.25) is 9.59 Å². The van der Waals surface area contributed by atoms with Gasteiger partial charge in [-0.15, -0.1) is 0 Å². The summed E-state index contributed by atoms with van der Waals surface area (Å²) in [7, 11) is 1.69. The summed E-state index contributed by atoms with van der Waals surface area (Å²) in [6.45, 7) is 1.78. The van der Waals surface area contributed by atoms with Crippen LogP contribution in [0.25, 0.3) is 0 Å². The molecule has 1 heterocycles. The molecule has 0 saturated heterocycles. The Bertz CT molecular complexity index is 471. The minimum absolute atomic E-state index is 0.00249. The first-order chi connectivity index (χ1) is 8.13. The first-order valence-corrected chi connectivity index (χ1v) is 5.45. The number of amides is 2. The lowest BCUT2D eigenvalue weighted by molar-refractivity contribution is -0.121. The number of rotatable bonds is 2. The lowest BCUT2D eigenvalue weighted by Crippen LogP contribution is -2.35. The Morgan fingerprint density at radius 2 is 2.29 bits per heavy atom. The number of carbonyl (C=O) groups is 2. The summed E-state index contributed by atoms with van der Waals surface area (Å²) in [5, 5.41) is 2.75. The highest BCUT2D eigenvalue weighted by atomic mass is 16.5. The predicted molar refractivity (Wildman–Crippen MR) is 64.3 cm³/mol. The van der Waals surface area contributed by atoms with Crippen molar-refractivity contribution in [2.24, 2.45) is 0 Å². The number of nitrogens with zero attached hydrogens (tertiary/aromatic N) is 1. The summed E-state index contributed by atoms with van der Waals surface area (Å²) in [5.74, 6) is 0.370. The fourth-order valence-electron chi connectivity index (χ4n) is 1.64. The molecular weight excluding hydrogens is 220 g/mol. The maximum Gasteiger partial charge on any atom is 0.264 e. The maximum atomic E-state index is 11.5. The quantitative estimate of drug-likeness (QED) is 0.841. The first-order valence-electron chi connectivity index (χ1n) is 5.45. The van der Waals surface area contributed by atoms with E-state index in [9.17, 15) is 9.59 Å². The summed E-state index contributed by atoms with van der Waals surface area (Å²) in [6, 6.07) is 5.33. The molecule has 0 radical (unpaired) electrons. The van der Waals surface area contributed by atoms with Crippen LogP contribution in [0, 0.1) is 0 Å². The van der Waals surface area contributed by atoms with Gasteiger partial charge >= 0.3 is 0 Å². The van der Waals surface area contributed by atoms with Crippen molar-refractivity contribution in [3.63, 3.8) is 0 Å². The number of fused-ring (bicyclic) bond motifs is 1. The molecule has 0 spiro atoms. The Labute approximate surface area is 99.4 Å². The topological polar surface area (TPSA) is 58.6 Å². The molecule has 0 bridgehead atoms. The lowest BCUT2D eigenvalue weighted by Gasteiger charge is -2.27. The SMILES string of the molecule is CCC(=O)Nc1cccc2c1OCC(=O)N2C. The first kappa shape index (κ1) is 11.4. The average molecular weight is 234 g/mol. The molecule has 2 amide bonds. The second-order valence-corrected chi connectivity index (χ2v) is 3.80. The molecule has 0 aromatic heterocycles.